The van der Waals surface area contributed by atoms with E-state index < -0.39 is 52.8 Å². The predicted octanol–water partition coefficient (Wildman–Crippen LogP) is 8.44. The fourth-order valence-electron chi connectivity index (χ4n) is 9.56. The van der Waals surface area contributed by atoms with Gasteiger partial charge in [-0.2, -0.15) is 18.4 Å². The number of amides is 4. The molecule has 4 amide bonds. The maximum Gasteiger partial charge on any atom is 0.417 e. The van der Waals surface area contributed by atoms with E-state index in [1.54, 1.807) is 71.6 Å². The number of halogens is 3. The molecule has 0 aliphatic carbocycles. The summed E-state index contributed by atoms with van der Waals surface area (Å²) in [6.07, 6.45) is -4.52. The summed E-state index contributed by atoms with van der Waals surface area (Å²) in [5.74, 6) is -0.702. The monoisotopic (exact) mass is 1050 g/mol. The van der Waals surface area contributed by atoms with Gasteiger partial charge in [0.1, 0.15) is 29.1 Å². The van der Waals surface area contributed by atoms with E-state index in [1.165, 1.54) is 22.3 Å². The minimum absolute atomic E-state index is 0.0108. The highest BCUT2D eigenvalue weighted by atomic mass is 32.1. The first-order valence-corrected chi connectivity index (χ1v) is 25.5. The number of thiazole rings is 1. The summed E-state index contributed by atoms with van der Waals surface area (Å²) in [6.45, 7) is 10.7. The number of aliphatic hydroxyl groups excluding tert-OH is 1. The SMILES string of the molecule is Cc1ncsc1-c1ccc(CNC(=O)C2C[C@H](O)CN2C(=O)C(C(C)C)N2Cc3ccccc3C2=O)c(OCCCOCCCOc2ccc(N3C(=S)N(c4ccc(C#N)c(C(F)(F)F)c4)C(=O)C3(C)C)cc2)c1. The van der Waals surface area contributed by atoms with Crippen LogP contribution < -0.4 is 24.6 Å². The molecular formula is C54H56F3N7O8S2. The average Bonchev–Trinajstić information content (AvgIpc) is 4.12. The summed E-state index contributed by atoms with van der Waals surface area (Å²) in [5.41, 5.74) is 3.15. The van der Waals surface area contributed by atoms with Crippen LogP contribution in [-0.2, 0) is 38.4 Å². The third kappa shape index (κ3) is 11.1. The number of carbonyl (C=O) groups excluding carboxylic acids is 4. The lowest BCUT2D eigenvalue weighted by Gasteiger charge is -2.35. The fourth-order valence-corrected chi connectivity index (χ4v) is 10.9. The van der Waals surface area contributed by atoms with Gasteiger partial charge in [0.25, 0.3) is 11.8 Å². The number of rotatable bonds is 19. The Morgan fingerprint density at radius 1 is 0.973 bits per heavy atom. The van der Waals surface area contributed by atoms with Crippen LogP contribution in [0, 0.1) is 24.2 Å². The molecule has 2 saturated heterocycles. The first-order valence-electron chi connectivity index (χ1n) is 24.2. The number of hydrogen-bond acceptors (Lipinski definition) is 12. The number of nitriles is 1. The number of alkyl halides is 3. The number of nitrogens with one attached hydrogen (secondary N) is 1. The molecule has 2 unspecified atom stereocenters. The lowest BCUT2D eigenvalue weighted by Crippen LogP contribution is -2.55. The minimum Gasteiger partial charge on any atom is -0.494 e. The fraction of sp³-hybridized carbons (Fsp3) is 0.389. The second kappa shape index (κ2) is 22.3. The van der Waals surface area contributed by atoms with E-state index in [4.69, 9.17) is 26.4 Å². The highest BCUT2D eigenvalue weighted by Gasteiger charge is 2.51. The van der Waals surface area contributed by atoms with E-state index in [-0.39, 0.29) is 54.6 Å². The lowest BCUT2D eigenvalue weighted by molar-refractivity contribution is -0.143. The van der Waals surface area contributed by atoms with E-state index in [2.05, 4.69) is 10.3 Å². The summed E-state index contributed by atoms with van der Waals surface area (Å²) in [5, 5.41) is 23.0. The van der Waals surface area contributed by atoms with Gasteiger partial charge in [0, 0.05) is 68.9 Å². The molecule has 15 nitrogen and oxygen atoms in total. The van der Waals surface area contributed by atoms with Crippen LogP contribution in [0.1, 0.15) is 85.3 Å². The summed E-state index contributed by atoms with van der Waals surface area (Å²) >= 11 is 7.16. The van der Waals surface area contributed by atoms with Crippen LogP contribution in [-0.4, -0.2) is 105 Å². The Balaban J connectivity index is 0.815. The van der Waals surface area contributed by atoms with Crippen molar-refractivity contribution in [2.24, 2.45) is 5.92 Å². The number of thiocarbonyl (C=S) groups is 1. The van der Waals surface area contributed by atoms with Gasteiger partial charge in [-0.1, -0.05) is 44.2 Å². The molecule has 4 aromatic carbocycles. The number of ether oxygens (including phenoxy) is 3. The Hall–Kier alpha value is -6.92. The molecule has 0 saturated carbocycles. The van der Waals surface area contributed by atoms with Gasteiger partial charge in [-0.25, -0.2) is 4.98 Å². The number of aromatic nitrogens is 1. The standard InChI is InChI=1S/C54H56F3N7O8S2/c1-32(2)46(62-29-37-10-6-7-11-42(37)49(62)67)50(68)61-30-40(65)26-44(61)48(66)59-28-36-13-12-34(47-33(3)60-31-74-47)24-45(36)72-23-9-21-70-20-8-22-71-41-18-16-38(17-19-41)64-52(73)63(51(69)53(64,4)5)39-15-14-35(27-58)43(25-39)54(55,56)57/h6-7,10-19,24-25,31-32,40,44,46,65H,8-9,20-23,26,28-30H2,1-5H3,(H,59,66)/t40-,44?,46?/m0/s1. The maximum atomic E-state index is 14.3. The topological polar surface area (TPSA) is 178 Å². The van der Waals surface area contributed by atoms with Crippen molar-refractivity contribution >= 4 is 63.7 Å². The number of carbonyl (C=O) groups is 4. The second-order valence-corrected chi connectivity index (χ2v) is 20.4. The van der Waals surface area contributed by atoms with Crippen LogP contribution in [0.5, 0.6) is 11.5 Å². The molecule has 5 aromatic rings. The summed E-state index contributed by atoms with van der Waals surface area (Å²) in [6, 6.07) is 22.7. The molecule has 4 heterocycles. The van der Waals surface area contributed by atoms with Crippen molar-refractivity contribution in [2.75, 3.05) is 42.8 Å². The molecule has 3 aliphatic rings. The van der Waals surface area contributed by atoms with Crippen LogP contribution in [0.4, 0.5) is 24.5 Å². The van der Waals surface area contributed by atoms with Gasteiger partial charge in [-0.15, -0.1) is 11.3 Å². The predicted molar refractivity (Wildman–Crippen MR) is 275 cm³/mol. The van der Waals surface area contributed by atoms with Crippen molar-refractivity contribution in [1.29, 1.82) is 5.26 Å². The molecule has 2 N–H and O–H groups in total. The second-order valence-electron chi connectivity index (χ2n) is 19.1. The van der Waals surface area contributed by atoms with Gasteiger partial charge in [-0.05, 0) is 105 Å². The number of fused-ring (bicyclic) bond motifs is 1. The number of hydrogen-bond donors (Lipinski definition) is 2. The molecule has 1 aromatic heterocycles. The Bertz CT molecular complexity index is 2980. The van der Waals surface area contributed by atoms with E-state index in [1.807, 2.05) is 51.1 Å². The van der Waals surface area contributed by atoms with Crippen LogP contribution >= 0.6 is 23.6 Å². The largest absolute Gasteiger partial charge is 0.494 e. The van der Waals surface area contributed by atoms with Gasteiger partial charge >= 0.3 is 6.18 Å². The zero-order valence-corrected chi connectivity index (χ0v) is 43.1. The van der Waals surface area contributed by atoms with Crippen molar-refractivity contribution in [2.45, 2.75) is 96.9 Å². The van der Waals surface area contributed by atoms with Crippen LogP contribution in [0.2, 0.25) is 0 Å². The maximum absolute atomic E-state index is 14.3. The van der Waals surface area contributed by atoms with Crippen LogP contribution in [0.25, 0.3) is 10.4 Å². The number of nitrogens with zero attached hydrogens (tertiary/aromatic N) is 6. The zero-order chi connectivity index (χ0) is 53.1. The van der Waals surface area contributed by atoms with Gasteiger partial charge in [0.2, 0.25) is 11.8 Å². The number of anilines is 2. The van der Waals surface area contributed by atoms with Crippen LogP contribution in [0.3, 0.4) is 0 Å². The van der Waals surface area contributed by atoms with Gasteiger partial charge in [0.15, 0.2) is 5.11 Å². The highest BCUT2D eigenvalue weighted by molar-refractivity contribution is 7.81. The molecule has 3 aliphatic heterocycles. The molecule has 8 rings (SSSR count). The molecule has 0 bridgehead atoms. The minimum atomic E-state index is -4.81. The Kier molecular flexibility index (Phi) is 16.1. The van der Waals surface area contributed by atoms with E-state index in [0.29, 0.717) is 67.6 Å². The molecule has 388 valence electrons. The third-order valence-electron chi connectivity index (χ3n) is 13.3. The number of likely N-dealkylation sites (tertiary alicyclic amines) is 1. The number of aliphatic hydroxyl groups is 1. The van der Waals surface area contributed by atoms with Crippen molar-refractivity contribution in [3.8, 4) is 28.0 Å². The summed E-state index contributed by atoms with van der Waals surface area (Å²) in [7, 11) is 0. The first-order chi connectivity index (χ1) is 35.3. The number of aryl methyl sites for hydroxylation is 1. The highest BCUT2D eigenvalue weighted by Crippen LogP contribution is 2.40. The van der Waals surface area contributed by atoms with Gasteiger partial charge < -0.3 is 39.3 Å². The Labute approximate surface area is 436 Å². The van der Waals surface area contributed by atoms with E-state index in [0.717, 1.165) is 38.7 Å². The molecule has 20 heteroatoms. The summed E-state index contributed by atoms with van der Waals surface area (Å²) in [4.78, 5) is 66.2. The molecule has 0 radical (unpaired) electrons. The average molecular weight is 1050 g/mol. The van der Waals surface area contributed by atoms with E-state index >= 15 is 0 Å². The summed E-state index contributed by atoms with van der Waals surface area (Å²) < 4.78 is 59.4. The van der Waals surface area contributed by atoms with Crippen molar-refractivity contribution in [3.05, 3.63) is 124 Å². The Morgan fingerprint density at radius 2 is 1.68 bits per heavy atom. The molecule has 3 atom stereocenters. The van der Waals surface area contributed by atoms with Gasteiger partial charge in [-0.3, -0.25) is 24.1 Å². The van der Waals surface area contributed by atoms with Crippen LogP contribution in [0.15, 0.2) is 90.4 Å². The van der Waals surface area contributed by atoms with Crippen molar-refractivity contribution in [3.63, 3.8) is 0 Å². The number of β-amino-alcohol motifs (C(OH)–C–C–N with tert-alkyl or cyclic N) is 1. The first kappa shape index (κ1) is 53.4. The van der Waals surface area contributed by atoms with Gasteiger partial charge in [0.05, 0.1) is 58.3 Å². The lowest BCUT2D eigenvalue weighted by atomic mass is 10.0. The van der Waals surface area contributed by atoms with Crippen molar-refractivity contribution < 1.29 is 51.7 Å². The molecular weight excluding hydrogens is 996 g/mol. The molecule has 2 fully saturated rings. The molecule has 74 heavy (non-hydrogen) atoms. The number of benzene rings is 4. The third-order valence-corrected chi connectivity index (χ3v) is 14.6. The molecule has 0 spiro atoms. The quantitative estimate of drug-likeness (QED) is 0.0597. The van der Waals surface area contributed by atoms with Crippen molar-refractivity contribution in [1.82, 2.24) is 20.1 Å². The Morgan fingerprint density at radius 3 is 2.34 bits per heavy atom. The zero-order valence-electron chi connectivity index (χ0n) is 41.5. The van der Waals surface area contributed by atoms with E-state index in [9.17, 15) is 42.7 Å². The smallest absolute Gasteiger partial charge is 0.417 e. The normalized spacial score (nSPS) is 17.8.